The molecule has 2 rings (SSSR count). The highest BCUT2D eigenvalue weighted by Crippen LogP contribution is 2.56. The van der Waals surface area contributed by atoms with Crippen molar-refractivity contribution in [1.82, 2.24) is 0 Å². The average molecular weight is 210 g/mol. The molecule has 2 unspecified atom stereocenters. The van der Waals surface area contributed by atoms with E-state index in [-0.39, 0.29) is 6.10 Å². The molecule has 0 bridgehead atoms. The Bertz CT molecular complexity index is 217. The zero-order valence-electron chi connectivity index (χ0n) is 10.4. The smallest absolute Gasteiger partial charge is 0.0540 e. The molecule has 0 aliphatic heterocycles. The molecular formula is C14H26O. The van der Waals surface area contributed by atoms with E-state index in [9.17, 15) is 5.11 Å². The minimum absolute atomic E-state index is 0.0168. The molecule has 1 heteroatoms. The zero-order valence-corrected chi connectivity index (χ0v) is 10.4. The van der Waals surface area contributed by atoms with Gasteiger partial charge in [0.15, 0.2) is 0 Å². The van der Waals surface area contributed by atoms with Gasteiger partial charge in [-0.15, -0.1) is 0 Å². The third kappa shape index (κ3) is 2.08. The summed E-state index contributed by atoms with van der Waals surface area (Å²) in [6, 6.07) is 0. The summed E-state index contributed by atoms with van der Waals surface area (Å²) in [6.07, 6.45) is 11.5. The van der Waals surface area contributed by atoms with Crippen LogP contribution < -0.4 is 0 Å². The zero-order chi connectivity index (χ0) is 10.9. The molecule has 0 radical (unpaired) electrons. The summed E-state index contributed by atoms with van der Waals surface area (Å²) in [5.41, 5.74) is 1.07. The highest BCUT2D eigenvalue weighted by atomic mass is 16.3. The molecule has 2 aliphatic rings. The fourth-order valence-corrected chi connectivity index (χ4v) is 3.84. The quantitative estimate of drug-likeness (QED) is 0.651. The summed E-state index contributed by atoms with van der Waals surface area (Å²) in [5.74, 6) is 0. The Morgan fingerprint density at radius 2 is 1.33 bits per heavy atom. The van der Waals surface area contributed by atoms with Gasteiger partial charge in [0.05, 0.1) is 6.10 Å². The van der Waals surface area contributed by atoms with Crippen molar-refractivity contribution in [1.29, 1.82) is 0 Å². The van der Waals surface area contributed by atoms with Gasteiger partial charge in [0.1, 0.15) is 0 Å². The van der Waals surface area contributed by atoms with Crippen molar-refractivity contribution < 1.29 is 5.11 Å². The number of hydrogen-bond acceptors (Lipinski definition) is 1. The van der Waals surface area contributed by atoms with Gasteiger partial charge >= 0.3 is 0 Å². The number of rotatable bonds is 1. The normalized spacial score (nSPS) is 41.4. The van der Waals surface area contributed by atoms with Gasteiger partial charge in [0.25, 0.3) is 0 Å². The van der Waals surface area contributed by atoms with Crippen molar-refractivity contribution in [3.63, 3.8) is 0 Å². The molecule has 0 aromatic carbocycles. The van der Waals surface area contributed by atoms with E-state index < -0.39 is 0 Å². The van der Waals surface area contributed by atoms with Crippen molar-refractivity contribution in [2.45, 2.75) is 77.7 Å². The monoisotopic (exact) mass is 210 g/mol. The Morgan fingerprint density at radius 1 is 0.800 bits per heavy atom. The van der Waals surface area contributed by atoms with Crippen molar-refractivity contribution in [3.8, 4) is 0 Å². The Hall–Kier alpha value is -0.0400. The van der Waals surface area contributed by atoms with Crippen LogP contribution in [0, 0.1) is 10.8 Å². The van der Waals surface area contributed by atoms with E-state index in [2.05, 4.69) is 13.8 Å². The van der Waals surface area contributed by atoms with Gasteiger partial charge in [0, 0.05) is 0 Å². The second kappa shape index (κ2) is 4.08. The summed E-state index contributed by atoms with van der Waals surface area (Å²) >= 11 is 0. The van der Waals surface area contributed by atoms with E-state index in [0.29, 0.717) is 10.8 Å². The summed E-state index contributed by atoms with van der Waals surface area (Å²) in [4.78, 5) is 0. The standard InChI is InChI=1S/C14H26O/c1-13(8-3-4-9-13)14(2)10-5-6-12(15)7-11-14/h12,15H,3-11H2,1-2H3. The van der Waals surface area contributed by atoms with Crippen LogP contribution >= 0.6 is 0 Å². The molecule has 0 spiro atoms. The van der Waals surface area contributed by atoms with Crippen molar-refractivity contribution in [2.24, 2.45) is 10.8 Å². The van der Waals surface area contributed by atoms with E-state index in [1.54, 1.807) is 0 Å². The molecule has 0 amide bonds. The summed E-state index contributed by atoms with van der Waals surface area (Å²) in [5, 5.41) is 9.75. The maximum absolute atomic E-state index is 9.75. The third-order valence-electron chi connectivity index (χ3n) is 5.46. The lowest BCUT2D eigenvalue weighted by Gasteiger charge is -2.44. The van der Waals surface area contributed by atoms with Crippen LogP contribution in [0.25, 0.3) is 0 Å². The van der Waals surface area contributed by atoms with Crippen LogP contribution in [0.4, 0.5) is 0 Å². The lowest BCUT2D eigenvalue weighted by atomic mass is 9.61. The molecular weight excluding hydrogens is 184 g/mol. The van der Waals surface area contributed by atoms with Crippen LogP contribution in [-0.4, -0.2) is 11.2 Å². The molecule has 1 N–H and O–H groups in total. The third-order valence-corrected chi connectivity index (χ3v) is 5.46. The molecule has 2 saturated carbocycles. The molecule has 2 aliphatic carbocycles. The van der Waals surface area contributed by atoms with Crippen LogP contribution in [0.1, 0.15) is 71.6 Å². The first kappa shape index (κ1) is 11.4. The molecule has 0 aromatic rings. The van der Waals surface area contributed by atoms with Crippen LogP contribution in [0.2, 0.25) is 0 Å². The van der Waals surface area contributed by atoms with Gasteiger partial charge in [-0.1, -0.05) is 33.1 Å². The van der Waals surface area contributed by atoms with Gasteiger partial charge < -0.3 is 5.11 Å². The predicted molar refractivity (Wildman–Crippen MR) is 63.8 cm³/mol. The minimum atomic E-state index is -0.0168. The van der Waals surface area contributed by atoms with Gasteiger partial charge in [-0.2, -0.15) is 0 Å². The summed E-state index contributed by atoms with van der Waals surface area (Å²) in [6.45, 7) is 4.98. The van der Waals surface area contributed by atoms with E-state index in [0.717, 1.165) is 12.8 Å². The van der Waals surface area contributed by atoms with Crippen molar-refractivity contribution in [2.75, 3.05) is 0 Å². The number of hydrogen-bond donors (Lipinski definition) is 1. The van der Waals surface area contributed by atoms with Crippen LogP contribution in [-0.2, 0) is 0 Å². The fourth-order valence-electron chi connectivity index (χ4n) is 3.84. The first-order valence-corrected chi connectivity index (χ1v) is 6.74. The molecule has 0 saturated heterocycles. The van der Waals surface area contributed by atoms with E-state index in [1.165, 1.54) is 44.9 Å². The lowest BCUT2D eigenvalue weighted by molar-refractivity contribution is 0.0517. The summed E-state index contributed by atoms with van der Waals surface area (Å²) < 4.78 is 0. The van der Waals surface area contributed by atoms with Crippen LogP contribution in [0.5, 0.6) is 0 Å². The number of aliphatic hydroxyl groups excluding tert-OH is 1. The van der Waals surface area contributed by atoms with Crippen molar-refractivity contribution >= 4 is 0 Å². The molecule has 2 fully saturated rings. The van der Waals surface area contributed by atoms with E-state index in [1.807, 2.05) is 0 Å². The molecule has 88 valence electrons. The maximum Gasteiger partial charge on any atom is 0.0540 e. The predicted octanol–water partition coefficient (Wildman–Crippen LogP) is 3.90. The topological polar surface area (TPSA) is 20.2 Å². The van der Waals surface area contributed by atoms with Crippen LogP contribution in [0.15, 0.2) is 0 Å². The van der Waals surface area contributed by atoms with Gasteiger partial charge in [-0.3, -0.25) is 0 Å². The van der Waals surface area contributed by atoms with Crippen LogP contribution in [0.3, 0.4) is 0 Å². The molecule has 2 atom stereocenters. The Labute approximate surface area is 94.3 Å². The summed E-state index contributed by atoms with van der Waals surface area (Å²) in [7, 11) is 0. The SMILES string of the molecule is CC1(C2(C)CCCC(O)CC2)CCCC1. The Balaban J connectivity index is 2.10. The second-order valence-corrected chi connectivity index (χ2v) is 6.41. The maximum atomic E-state index is 9.75. The largest absolute Gasteiger partial charge is 0.393 e. The highest BCUT2D eigenvalue weighted by Gasteiger charge is 2.45. The van der Waals surface area contributed by atoms with E-state index >= 15 is 0 Å². The van der Waals surface area contributed by atoms with Gasteiger partial charge in [0.2, 0.25) is 0 Å². The average Bonchev–Trinajstić information content (AvgIpc) is 2.56. The second-order valence-electron chi connectivity index (χ2n) is 6.41. The van der Waals surface area contributed by atoms with E-state index in [4.69, 9.17) is 0 Å². The number of aliphatic hydroxyl groups is 1. The van der Waals surface area contributed by atoms with Gasteiger partial charge in [-0.05, 0) is 49.4 Å². The molecule has 0 aromatic heterocycles. The first-order valence-electron chi connectivity index (χ1n) is 6.74. The molecule has 15 heavy (non-hydrogen) atoms. The first-order chi connectivity index (χ1) is 7.06. The molecule has 1 nitrogen and oxygen atoms in total. The van der Waals surface area contributed by atoms with Crippen molar-refractivity contribution in [3.05, 3.63) is 0 Å². The Kier molecular flexibility index (Phi) is 3.12. The minimum Gasteiger partial charge on any atom is -0.393 e. The fraction of sp³-hybridized carbons (Fsp3) is 1.00. The molecule has 0 heterocycles. The highest BCUT2D eigenvalue weighted by molar-refractivity contribution is 4.96. The Morgan fingerprint density at radius 3 is 2.00 bits per heavy atom. The van der Waals surface area contributed by atoms with Gasteiger partial charge in [-0.25, -0.2) is 0 Å². The lowest BCUT2D eigenvalue weighted by Crippen LogP contribution is -2.35.